The summed E-state index contributed by atoms with van der Waals surface area (Å²) in [7, 11) is 5.44. The predicted octanol–water partition coefficient (Wildman–Crippen LogP) is -0.144. The molecule has 1 atom stereocenters. The summed E-state index contributed by atoms with van der Waals surface area (Å²) in [6, 6.07) is -0.697. The van der Waals surface area contributed by atoms with Gasteiger partial charge in [0.2, 0.25) is 5.91 Å². The Bertz CT molecular complexity index is 1000. The number of nitrogens with two attached hydrogens (primary N) is 1. The van der Waals surface area contributed by atoms with Crippen LogP contribution in [0.25, 0.3) is 11.6 Å². The molecule has 2 heterocycles. The van der Waals surface area contributed by atoms with Gasteiger partial charge in [-0.1, -0.05) is 18.7 Å². The van der Waals surface area contributed by atoms with Crippen molar-refractivity contribution >= 4 is 30.1 Å². The molecule has 0 radical (unpaired) electrons. The Labute approximate surface area is 202 Å². The Kier molecular flexibility index (Phi) is 13.1. The number of rotatable bonds is 10. The lowest BCUT2D eigenvalue weighted by molar-refractivity contribution is -0.132. The maximum absolute atomic E-state index is 13.0. The molecular formula is C25H41N5O4. The zero-order chi connectivity index (χ0) is 25.7. The fourth-order valence-corrected chi connectivity index (χ4v) is 4.39. The number of piperidine rings is 1. The number of likely N-dealkylation sites (tertiary alicyclic amines) is 1. The molecule has 1 aromatic heterocycles. The van der Waals surface area contributed by atoms with Gasteiger partial charge in [0, 0.05) is 33.0 Å². The summed E-state index contributed by atoms with van der Waals surface area (Å²) in [4.78, 5) is 49.7. The minimum absolute atomic E-state index is 0.134. The van der Waals surface area contributed by atoms with Gasteiger partial charge in [-0.3, -0.25) is 13.9 Å². The Balaban J connectivity index is 0.00000182. The van der Waals surface area contributed by atoms with Gasteiger partial charge in [-0.2, -0.15) is 0 Å². The fourth-order valence-electron chi connectivity index (χ4n) is 4.39. The van der Waals surface area contributed by atoms with Crippen molar-refractivity contribution in [1.29, 1.82) is 0 Å². The zero-order valence-electron chi connectivity index (χ0n) is 21.1. The molecule has 1 unspecified atom stereocenters. The first kappa shape index (κ1) is 29.3. The number of allylic oxidation sites excluding steroid dienone is 1. The molecule has 0 aliphatic carbocycles. The van der Waals surface area contributed by atoms with E-state index in [9.17, 15) is 19.2 Å². The van der Waals surface area contributed by atoms with Crippen LogP contribution in [-0.4, -0.2) is 66.2 Å². The number of amides is 1. The molecule has 1 amide bonds. The average molecular weight is 476 g/mol. The third kappa shape index (κ3) is 7.11. The van der Waals surface area contributed by atoms with Crippen molar-refractivity contribution in [1.82, 2.24) is 19.4 Å². The van der Waals surface area contributed by atoms with Crippen LogP contribution in [-0.2, 0) is 21.4 Å². The van der Waals surface area contributed by atoms with Crippen molar-refractivity contribution in [3.05, 3.63) is 33.8 Å². The van der Waals surface area contributed by atoms with E-state index in [1.807, 2.05) is 32.0 Å². The molecule has 9 heteroatoms. The molecule has 2 rings (SSSR count). The molecule has 1 fully saturated rings. The summed E-state index contributed by atoms with van der Waals surface area (Å²) in [6.45, 7) is 7.64. The topological polar surface area (TPSA) is 119 Å². The van der Waals surface area contributed by atoms with Crippen molar-refractivity contribution < 1.29 is 14.4 Å². The van der Waals surface area contributed by atoms with E-state index in [4.69, 9.17) is 5.73 Å². The maximum atomic E-state index is 13.0. The van der Waals surface area contributed by atoms with Gasteiger partial charge in [0.1, 0.15) is 12.6 Å². The van der Waals surface area contributed by atoms with Crippen LogP contribution in [0, 0.1) is 5.92 Å². The number of hydrogen-bond donors (Lipinski definition) is 2. The molecule has 1 aromatic rings. The van der Waals surface area contributed by atoms with Crippen molar-refractivity contribution in [3.8, 4) is 0 Å². The van der Waals surface area contributed by atoms with Crippen LogP contribution in [0.2, 0.25) is 0 Å². The van der Waals surface area contributed by atoms with E-state index in [1.165, 1.54) is 4.57 Å². The summed E-state index contributed by atoms with van der Waals surface area (Å²) >= 11 is 0. The van der Waals surface area contributed by atoms with Crippen molar-refractivity contribution in [2.45, 2.75) is 51.5 Å². The van der Waals surface area contributed by atoms with E-state index >= 15 is 0 Å². The Morgan fingerprint density at radius 2 is 1.88 bits per heavy atom. The summed E-state index contributed by atoms with van der Waals surface area (Å²) in [6.07, 6.45) is 8.29. The minimum atomic E-state index is -0.697. The smallest absolute Gasteiger partial charge is 0.329 e. The molecule has 3 N–H and O–H groups in total. The first-order valence-corrected chi connectivity index (χ1v) is 11.9. The number of aldehydes is 2. The molecule has 0 saturated carbocycles. The molecule has 9 nitrogen and oxygen atoms in total. The fraction of sp³-hybridized carbons (Fsp3) is 0.600. The van der Waals surface area contributed by atoms with Crippen LogP contribution in [0.1, 0.15) is 51.5 Å². The number of aromatic nitrogens is 2. The average Bonchev–Trinajstić information content (AvgIpc) is 3.09. The van der Waals surface area contributed by atoms with Crippen LogP contribution in [0.15, 0.2) is 17.4 Å². The lowest BCUT2D eigenvalue weighted by atomic mass is 9.88. The predicted molar refractivity (Wildman–Crippen MR) is 136 cm³/mol. The second-order valence-corrected chi connectivity index (χ2v) is 8.39. The van der Waals surface area contributed by atoms with Gasteiger partial charge in [0.05, 0.1) is 16.7 Å². The van der Waals surface area contributed by atoms with Gasteiger partial charge in [-0.05, 0) is 64.7 Å². The molecule has 0 bridgehead atoms. The lowest BCUT2D eigenvalue weighted by Gasteiger charge is -2.32. The molecule has 1 aliphatic heterocycles. The minimum Gasteiger partial charge on any atom is -0.343 e. The molecule has 1 saturated heterocycles. The maximum Gasteiger partial charge on any atom is 0.329 e. The Morgan fingerprint density at radius 1 is 1.26 bits per heavy atom. The number of carbonyl (C=O) groups is 3. The normalized spacial score (nSPS) is 16.4. The largest absolute Gasteiger partial charge is 0.343 e. The third-order valence-corrected chi connectivity index (χ3v) is 6.05. The van der Waals surface area contributed by atoms with Crippen LogP contribution < -0.4 is 27.4 Å². The number of nitrogens with one attached hydrogen (secondary N) is 1. The van der Waals surface area contributed by atoms with Gasteiger partial charge >= 0.3 is 5.69 Å². The van der Waals surface area contributed by atoms with Crippen LogP contribution in [0.4, 0.5) is 0 Å². The lowest BCUT2D eigenvalue weighted by Crippen LogP contribution is -2.41. The van der Waals surface area contributed by atoms with Gasteiger partial charge in [-0.25, -0.2) is 4.79 Å². The Morgan fingerprint density at radius 3 is 2.35 bits per heavy atom. The van der Waals surface area contributed by atoms with Crippen LogP contribution in [0.5, 0.6) is 0 Å². The standard InChI is InChI=1S/C23H34N4O4.C2H7N/c1-4-19(17-10-13-26(14-11-17)21(30)9-6-12-24)22-20(5-2)27(23(31)25(22)3)18(16-29)8-7-15-28;1-3-2/h4-5,15-18H,1,6-14,24H2,2-3H3;3H,1-2H3/b20-5+,22-19-;. The number of carbonyl (C=O) groups excluding carboxylic acids is 3. The third-order valence-electron chi connectivity index (χ3n) is 6.05. The molecule has 34 heavy (non-hydrogen) atoms. The number of hydrogen-bond acceptors (Lipinski definition) is 6. The highest BCUT2D eigenvalue weighted by Crippen LogP contribution is 2.25. The van der Waals surface area contributed by atoms with Crippen molar-refractivity contribution in [2.24, 2.45) is 18.7 Å². The van der Waals surface area contributed by atoms with Gasteiger partial charge in [0.15, 0.2) is 0 Å². The highest BCUT2D eigenvalue weighted by Gasteiger charge is 2.26. The van der Waals surface area contributed by atoms with Gasteiger partial charge < -0.3 is 25.5 Å². The van der Waals surface area contributed by atoms with Crippen LogP contribution >= 0.6 is 0 Å². The quantitative estimate of drug-likeness (QED) is 0.455. The van der Waals surface area contributed by atoms with Crippen molar-refractivity contribution in [3.63, 3.8) is 0 Å². The highest BCUT2D eigenvalue weighted by molar-refractivity contribution is 5.76. The van der Waals surface area contributed by atoms with Crippen LogP contribution in [0.3, 0.4) is 0 Å². The second-order valence-electron chi connectivity index (χ2n) is 8.39. The monoisotopic (exact) mass is 475 g/mol. The summed E-state index contributed by atoms with van der Waals surface area (Å²) in [5.41, 5.74) is 6.16. The van der Waals surface area contributed by atoms with E-state index in [-0.39, 0.29) is 30.4 Å². The Hall–Kier alpha value is -2.78. The van der Waals surface area contributed by atoms with E-state index in [0.29, 0.717) is 37.8 Å². The van der Waals surface area contributed by atoms with E-state index in [1.54, 1.807) is 17.7 Å². The zero-order valence-corrected chi connectivity index (χ0v) is 21.1. The number of nitrogens with zero attached hydrogens (tertiary/aromatic N) is 3. The summed E-state index contributed by atoms with van der Waals surface area (Å²) in [5.74, 6) is 0.287. The number of imidazole rings is 1. The molecule has 190 valence electrons. The first-order valence-electron chi connectivity index (χ1n) is 11.9. The summed E-state index contributed by atoms with van der Waals surface area (Å²) < 4.78 is 3.03. The SMILES string of the molecule is C=C/C(=c1\c(=C/C)n(C(C=O)CCC=O)c(=O)n1C)C1CCN(C(=O)CCCN)CC1.CNC. The van der Waals surface area contributed by atoms with E-state index in [2.05, 4.69) is 11.9 Å². The first-order chi connectivity index (χ1) is 16.4. The van der Waals surface area contributed by atoms with Gasteiger partial charge in [0.25, 0.3) is 0 Å². The van der Waals surface area contributed by atoms with Gasteiger partial charge in [-0.15, -0.1) is 0 Å². The van der Waals surface area contributed by atoms with E-state index < -0.39 is 6.04 Å². The molecule has 1 aliphatic rings. The molecule has 0 spiro atoms. The molecule has 0 aromatic carbocycles. The highest BCUT2D eigenvalue weighted by atomic mass is 16.2. The summed E-state index contributed by atoms with van der Waals surface area (Å²) in [5, 5.41) is 4.15. The van der Waals surface area contributed by atoms with Crippen molar-refractivity contribution in [2.75, 3.05) is 33.7 Å². The van der Waals surface area contributed by atoms with E-state index in [0.717, 1.165) is 36.3 Å². The molecular weight excluding hydrogens is 434 g/mol. The second kappa shape index (κ2) is 15.2.